The molecule has 8 heteroatoms. The Kier molecular flexibility index (Phi) is 5.19. The van der Waals surface area contributed by atoms with Gasteiger partial charge in [0.2, 0.25) is 0 Å². The van der Waals surface area contributed by atoms with Crippen LogP contribution in [0.25, 0.3) is 5.76 Å². The fraction of sp³-hybridized carbons (Fsp3) is 0.0833. The normalized spacial score (nSPS) is 17.5. The lowest BCUT2D eigenvalue weighted by molar-refractivity contribution is -0.384. The number of phenols is 1. The predicted molar refractivity (Wildman–Crippen MR) is 117 cm³/mol. The number of phenolic OH excluding ortho intramolecular Hbond substituents is 1. The van der Waals surface area contributed by atoms with E-state index in [2.05, 4.69) is 0 Å². The SMILES string of the molecule is Cc1ccc(C(O)=C2C(=O)C(=O)N(c3ccc(O)cc3)[C@@H]2c2cccc([N+](=O)[O-])c2)cc1. The Hall–Kier alpha value is -4.46. The lowest BCUT2D eigenvalue weighted by atomic mass is 9.94. The van der Waals surface area contributed by atoms with Crippen LogP contribution in [0.2, 0.25) is 0 Å². The van der Waals surface area contributed by atoms with Gasteiger partial charge in [-0.15, -0.1) is 0 Å². The second-order valence-electron chi connectivity index (χ2n) is 7.40. The number of nitrogens with zero attached hydrogens (tertiary/aromatic N) is 2. The second-order valence-corrected chi connectivity index (χ2v) is 7.40. The number of hydrogen-bond acceptors (Lipinski definition) is 6. The highest BCUT2D eigenvalue weighted by Crippen LogP contribution is 2.43. The molecule has 1 heterocycles. The molecule has 0 unspecified atom stereocenters. The quantitative estimate of drug-likeness (QED) is 0.210. The molecule has 0 radical (unpaired) electrons. The van der Waals surface area contributed by atoms with E-state index in [-0.39, 0.29) is 22.8 Å². The molecule has 0 aromatic heterocycles. The predicted octanol–water partition coefficient (Wildman–Crippen LogP) is 4.24. The van der Waals surface area contributed by atoms with E-state index >= 15 is 0 Å². The molecule has 3 aromatic rings. The molecule has 160 valence electrons. The number of carbonyl (C=O) groups excluding carboxylic acids is 2. The Morgan fingerprint density at radius 1 is 1.00 bits per heavy atom. The highest BCUT2D eigenvalue weighted by atomic mass is 16.6. The van der Waals surface area contributed by atoms with Gasteiger partial charge in [0, 0.05) is 23.4 Å². The Morgan fingerprint density at radius 2 is 1.66 bits per heavy atom. The Balaban J connectivity index is 1.96. The minimum Gasteiger partial charge on any atom is -0.508 e. The largest absolute Gasteiger partial charge is 0.508 e. The summed E-state index contributed by atoms with van der Waals surface area (Å²) in [6, 6.07) is 16.9. The fourth-order valence-electron chi connectivity index (χ4n) is 3.70. The monoisotopic (exact) mass is 430 g/mol. The summed E-state index contributed by atoms with van der Waals surface area (Å²) < 4.78 is 0. The molecule has 1 amide bonds. The summed E-state index contributed by atoms with van der Waals surface area (Å²) in [5.74, 6) is -2.20. The average molecular weight is 430 g/mol. The third-order valence-corrected chi connectivity index (χ3v) is 5.29. The van der Waals surface area contributed by atoms with Gasteiger partial charge in [-0.05, 0) is 36.8 Å². The molecule has 8 nitrogen and oxygen atoms in total. The number of hydrogen-bond donors (Lipinski definition) is 2. The lowest BCUT2D eigenvalue weighted by Gasteiger charge is -2.25. The first-order valence-electron chi connectivity index (χ1n) is 9.69. The number of carbonyl (C=O) groups is 2. The molecule has 1 atom stereocenters. The summed E-state index contributed by atoms with van der Waals surface area (Å²) in [5.41, 5.74) is 1.49. The molecule has 0 bridgehead atoms. The van der Waals surface area contributed by atoms with E-state index in [1.165, 1.54) is 47.4 Å². The second kappa shape index (κ2) is 7.99. The molecule has 1 fully saturated rings. The van der Waals surface area contributed by atoms with Crippen molar-refractivity contribution in [3.05, 3.63) is 105 Å². The van der Waals surface area contributed by atoms with Gasteiger partial charge >= 0.3 is 0 Å². The number of aromatic hydroxyl groups is 1. The number of nitro benzene ring substituents is 1. The fourth-order valence-corrected chi connectivity index (χ4v) is 3.70. The van der Waals surface area contributed by atoms with Crippen LogP contribution in [0.4, 0.5) is 11.4 Å². The van der Waals surface area contributed by atoms with Crippen molar-refractivity contribution in [2.75, 3.05) is 4.90 Å². The zero-order chi connectivity index (χ0) is 23.0. The molecule has 0 saturated carbocycles. The smallest absolute Gasteiger partial charge is 0.300 e. The van der Waals surface area contributed by atoms with Crippen LogP contribution in [0, 0.1) is 17.0 Å². The van der Waals surface area contributed by atoms with Crippen LogP contribution < -0.4 is 4.90 Å². The van der Waals surface area contributed by atoms with E-state index in [9.17, 15) is 29.9 Å². The van der Waals surface area contributed by atoms with Gasteiger partial charge in [0.05, 0.1) is 16.5 Å². The van der Waals surface area contributed by atoms with E-state index in [0.29, 0.717) is 16.8 Å². The Morgan fingerprint density at radius 3 is 2.28 bits per heavy atom. The molecular formula is C24H18N2O6. The summed E-state index contributed by atoms with van der Waals surface area (Å²) in [5, 5.41) is 32.0. The zero-order valence-electron chi connectivity index (χ0n) is 16.9. The maximum atomic E-state index is 13.0. The Bertz CT molecular complexity index is 1260. The molecule has 0 aliphatic carbocycles. The average Bonchev–Trinajstić information content (AvgIpc) is 3.05. The lowest BCUT2D eigenvalue weighted by Crippen LogP contribution is -2.29. The summed E-state index contributed by atoms with van der Waals surface area (Å²) in [4.78, 5) is 38.0. The van der Waals surface area contributed by atoms with Crippen molar-refractivity contribution in [1.82, 2.24) is 0 Å². The van der Waals surface area contributed by atoms with Crippen LogP contribution in [0.5, 0.6) is 5.75 Å². The minimum absolute atomic E-state index is 0.0307. The number of anilines is 1. The van der Waals surface area contributed by atoms with E-state index in [0.717, 1.165) is 5.56 Å². The third kappa shape index (κ3) is 3.58. The zero-order valence-corrected chi connectivity index (χ0v) is 16.9. The van der Waals surface area contributed by atoms with Crippen LogP contribution in [0.3, 0.4) is 0 Å². The summed E-state index contributed by atoms with van der Waals surface area (Å²) in [7, 11) is 0. The van der Waals surface area contributed by atoms with Crippen molar-refractivity contribution in [2.24, 2.45) is 0 Å². The molecule has 1 saturated heterocycles. The number of aliphatic hydroxyl groups excluding tert-OH is 1. The van der Waals surface area contributed by atoms with Crippen molar-refractivity contribution in [3.63, 3.8) is 0 Å². The van der Waals surface area contributed by atoms with E-state index in [4.69, 9.17) is 0 Å². The molecule has 4 rings (SSSR count). The molecule has 0 spiro atoms. The number of Topliss-reactive ketones (excluding diaryl/α,β-unsaturated/α-hetero) is 1. The first kappa shape index (κ1) is 20.8. The van der Waals surface area contributed by atoms with Crippen LogP contribution in [0.1, 0.15) is 22.7 Å². The summed E-state index contributed by atoms with van der Waals surface area (Å²) >= 11 is 0. The maximum absolute atomic E-state index is 13.0. The topological polar surface area (TPSA) is 121 Å². The molecule has 2 N–H and O–H groups in total. The maximum Gasteiger partial charge on any atom is 0.300 e. The number of aliphatic hydroxyl groups is 1. The van der Waals surface area contributed by atoms with Gasteiger partial charge in [-0.2, -0.15) is 0 Å². The number of nitro groups is 1. The van der Waals surface area contributed by atoms with Crippen LogP contribution in [-0.4, -0.2) is 26.8 Å². The minimum atomic E-state index is -1.10. The highest BCUT2D eigenvalue weighted by molar-refractivity contribution is 6.51. The first-order valence-corrected chi connectivity index (χ1v) is 9.69. The van der Waals surface area contributed by atoms with Crippen molar-refractivity contribution in [3.8, 4) is 5.75 Å². The number of ketones is 1. The van der Waals surface area contributed by atoms with Gasteiger partial charge in [-0.25, -0.2) is 0 Å². The van der Waals surface area contributed by atoms with Gasteiger partial charge in [0.15, 0.2) is 0 Å². The summed E-state index contributed by atoms with van der Waals surface area (Å²) in [6.45, 7) is 1.87. The molecule has 1 aliphatic rings. The van der Waals surface area contributed by atoms with Crippen molar-refractivity contribution in [2.45, 2.75) is 13.0 Å². The standard InChI is InChI=1S/C24H18N2O6/c1-14-5-7-15(8-6-14)22(28)20-21(16-3-2-4-18(13-16)26(31)32)25(24(30)23(20)29)17-9-11-19(27)12-10-17/h2-13,21,27-28H,1H3/t21-/m1/s1. The molecular weight excluding hydrogens is 412 g/mol. The molecule has 1 aliphatic heterocycles. The van der Waals surface area contributed by atoms with E-state index in [1.807, 2.05) is 6.92 Å². The van der Waals surface area contributed by atoms with Crippen molar-refractivity contribution in [1.29, 1.82) is 0 Å². The number of benzene rings is 3. The van der Waals surface area contributed by atoms with Crippen LogP contribution in [0.15, 0.2) is 78.4 Å². The van der Waals surface area contributed by atoms with E-state index in [1.54, 1.807) is 30.3 Å². The summed E-state index contributed by atoms with van der Waals surface area (Å²) in [6.07, 6.45) is 0. The Labute approximate surface area is 182 Å². The van der Waals surface area contributed by atoms with Crippen LogP contribution >= 0.6 is 0 Å². The van der Waals surface area contributed by atoms with Crippen molar-refractivity contribution >= 4 is 28.8 Å². The van der Waals surface area contributed by atoms with Crippen molar-refractivity contribution < 1.29 is 24.7 Å². The molecule has 32 heavy (non-hydrogen) atoms. The third-order valence-electron chi connectivity index (χ3n) is 5.29. The van der Waals surface area contributed by atoms with Gasteiger partial charge in [-0.1, -0.05) is 42.0 Å². The van der Waals surface area contributed by atoms with Gasteiger partial charge in [-0.3, -0.25) is 24.6 Å². The van der Waals surface area contributed by atoms with Gasteiger partial charge in [0.25, 0.3) is 17.4 Å². The van der Waals surface area contributed by atoms with Crippen LogP contribution in [-0.2, 0) is 9.59 Å². The first-order chi connectivity index (χ1) is 15.3. The van der Waals surface area contributed by atoms with E-state index < -0.39 is 22.7 Å². The number of rotatable bonds is 4. The number of non-ortho nitro benzene ring substituents is 1. The number of aryl methyl sites for hydroxylation is 1. The highest BCUT2D eigenvalue weighted by Gasteiger charge is 2.47. The van der Waals surface area contributed by atoms with Gasteiger partial charge < -0.3 is 10.2 Å². The molecule has 3 aromatic carbocycles. The number of amides is 1. The van der Waals surface area contributed by atoms with Gasteiger partial charge in [0.1, 0.15) is 11.5 Å².